The van der Waals surface area contributed by atoms with E-state index < -0.39 is 15.8 Å². The van der Waals surface area contributed by atoms with Crippen LogP contribution in [0.3, 0.4) is 0 Å². The maximum atomic E-state index is 14.0. The Bertz CT molecular complexity index is 878. The van der Waals surface area contributed by atoms with Crippen molar-refractivity contribution in [3.05, 3.63) is 64.9 Å². The fourth-order valence-electron chi connectivity index (χ4n) is 3.02. The van der Waals surface area contributed by atoms with E-state index in [9.17, 15) is 17.6 Å². The molecule has 0 saturated carbocycles. The number of hydrogen-bond donors (Lipinski definition) is 0. The van der Waals surface area contributed by atoms with E-state index in [1.807, 2.05) is 6.07 Å². The van der Waals surface area contributed by atoms with Crippen LogP contribution in [0.4, 0.5) is 4.39 Å². The van der Waals surface area contributed by atoms with Gasteiger partial charge in [-0.25, -0.2) is 12.8 Å². The Kier molecular flexibility index (Phi) is 5.22. The molecule has 1 heterocycles. The molecule has 1 aliphatic rings. The van der Waals surface area contributed by atoms with Gasteiger partial charge in [-0.3, -0.25) is 4.79 Å². The van der Waals surface area contributed by atoms with Crippen molar-refractivity contribution >= 4 is 27.4 Å². The molecule has 25 heavy (non-hydrogen) atoms. The molecule has 3 rings (SSSR count). The standard InChI is InChI=1S/C18H17ClFNO3S/c19-15-6-7-17(16(20)12-15)25(23,24)21-10-8-14(9-11-21)18(22)13-4-2-1-3-5-13/h1-7,12,14H,8-11H2. The Morgan fingerprint density at radius 3 is 2.32 bits per heavy atom. The molecule has 0 aliphatic carbocycles. The first kappa shape index (κ1) is 18.0. The van der Waals surface area contributed by atoms with Crippen LogP contribution in [0.25, 0.3) is 0 Å². The van der Waals surface area contributed by atoms with Crippen molar-refractivity contribution in [3.63, 3.8) is 0 Å². The van der Waals surface area contributed by atoms with Gasteiger partial charge in [0.25, 0.3) is 0 Å². The summed E-state index contributed by atoms with van der Waals surface area (Å²) in [5.41, 5.74) is 0.632. The summed E-state index contributed by atoms with van der Waals surface area (Å²) in [6.07, 6.45) is 0.838. The average Bonchev–Trinajstić information content (AvgIpc) is 2.61. The molecule has 0 aromatic heterocycles. The van der Waals surface area contributed by atoms with Crippen LogP contribution >= 0.6 is 11.6 Å². The molecule has 132 valence electrons. The molecule has 0 amide bonds. The molecule has 2 aromatic carbocycles. The van der Waals surface area contributed by atoms with Crippen molar-refractivity contribution in [2.75, 3.05) is 13.1 Å². The van der Waals surface area contributed by atoms with Gasteiger partial charge in [0.05, 0.1) is 0 Å². The van der Waals surface area contributed by atoms with Gasteiger partial charge in [0, 0.05) is 29.6 Å². The summed E-state index contributed by atoms with van der Waals surface area (Å²) in [6, 6.07) is 12.5. The minimum atomic E-state index is -3.93. The van der Waals surface area contributed by atoms with Crippen molar-refractivity contribution in [1.82, 2.24) is 4.31 Å². The maximum absolute atomic E-state index is 14.0. The van der Waals surface area contributed by atoms with Gasteiger partial charge >= 0.3 is 0 Å². The van der Waals surface area contributed by atoms with Crippen molar-refractivity contribution in [1.29, 1.82) is 0 Å². The zero-order valence-electron chi connectivity index (χ0n) is 13.4. The number of rotatable bonds is 4. The Labute approximate surface area is 151 Å². The van der Waals surface area contributed by atoms with Crippen LogP contribution in [0.5, 0.6) is 0 Å². The molecular formula is C18H17ClFNO3S. The number of carbonyl (C=O) groups excluding carboxylic acids is 1. The van der Waals surface area contributed by atoms with E-state index in [4.69, 9.17) is 11.6 Å². The third kappa shape index (κ3) is 3.76. The minimum absolute atomic E-state index is 0.0234. The van der Waals surface area contributed by atoms with Gasteiger partial charge in [-0.15, -0.1) is 0 Å². The number of sulfonamides is 1. The van der Waals surface area contributed by atoms with Crippen molar-refractivity contribution in [2.45, 2.75) is 17.7 Å². The van der Waals surface area contributed by atoms with E-state index in [1.54, 1.807) is 24.3 Å². The summed E-state index contributed by atoms with van der Waals surface area (Å²) in [5.74, 6) is -1.06. The number of carbonyl (C=O) groups is 1. The third-order valence-electron chi connectivity index (χ3n) is 4.39. The van der Waals surface area contributed by atoms with Gasteiger partial charge in [-0.2, -0.15) is 4.31 Å². The summed E-state index contributed by atoms with van der Waals surface area (Å²) in [4.78, 5) is 12.1. The molecule has 1 aliphatic heterocycles. The molecule has 0 atom stereocenters. The predicted octanol–water partition coefficient (Wildman–Crippen LogP) is 3.76. The molecule has 0 bridgehead atoms. The van der Waals surface area contributed by atoms with E-state index in [2.05, 4.69) is 0 Å². The summed E-state index contributed by atoms with van der Waals surface area (Å²) in [5, 5.41) is 0.142. The lowest BCUT2D eigenvalue weighted by molar-refractivity contribution is 0.0875. The number of Topliss-reactive ketones (excluding diaryl/α,β-unsaturated/α-hetero) is 1. The summed E-state index contributed by atoms with van der Waals surface area (Å²) < 4.78 is 40.5. The monoisotopic (exact) mass is 381 g/mol. The summed E-state index contributed by atoms with van der Waals surface area (Å²) in [7, 11) is -3.93. The Morgan fingerprint density at radius 1 is 1.08 bits per heavy atom. The number of piperidine rings is 1. The number of ketones is 1. The third-order valence-corrected chi connectivity index (χ3v) is 6.56. The van der Waals surface area contributed by atoms with Gasteiger partial charge in [0.1, 0.15) is 10.7 Å². The molecule has 1 fully saturated rings. The van der Waals surface area contributed by atoms with Crippen LogP contribution < -0.4 is 0 Å². The molecule has 1 saturated heterocycles. The van der Waals surface area contributed by atoms with Crippen molar-refractivity contribution < 1.29 is 17.6 Å². The molecule has 0 radical (unpaired) electrons. The SMILES string of the molecule is O=C(c1ccccc1)C1CCN(S(=O)(=O)c2ccc(Cl)cc2F)CC1. The van der Waals surface area contributed by atoms with Crippen LogP contribution in [-0.2, 0) is 10.0 Å². The van der Waals surface area contributed by atoms with Crippen LogP contribution in [0.2, 0.25) is 5.02 Å². The van der Waals surface area contributed by atoms with E-state index in [-0.39, 0.29) is 34.7 Å². The van der Waals surface area contributed by atoms with Gasteiger partial charge in [0.2, 0.25) is 10.0 Å². The second-order valence-corrected chi connectivity index (χ2v) is 8.33. The highest BCUT2D eigenvalue weighted by molar-refractivity contribution is 7.89. The average molecular weight is 382 g/mol. The summed E-state index contributed by atoms with van der Waals surface area (Å²) in [6.45, 7) is 0.376. The highest BCUT2D eigenvalue weighted by Crippen LogP contribution is 2.28. The topological polar surface area (TPSA) is 54.5 Å². The van der Waals surface area contributed by atoms with E-state index in [0.717, 1.165) is 6.07 Å². The fourth-order valence-corrected chi connectivity index (χ4v) is 4.69. The van der Waals surface area contributed by atoms with E-state index in [0.29, 0.717) is 18.4 Å². The quantitative estimate of drug-likeness (QED) is 0.757. The zero-order chi connectivity index (χ0) is 18.0. The largest absolute Gasteiger partial charge is 0.294 e. The Hall–Kier alpha value is -1.76. The van der Waals surface area contributed by atoms with Gasteiger partial charge in [-0.1, -0.05) is 41.9 Å². The highest BCUT2D eigenvalue weighted by atomic mass is 35.5. The first-order chi connectivity index (χ1) is 11.9. The maximum Gasteiger partial charge on any atom is 0.245 e. The molecular weight excluding hydrogens is 365 g/mol. The lowest BCUT2D eigenvalue weighted by atomic mass is 9.90. The minimum Gasteiger partial charge on any atom is -0.294 e. The van der Waals surface area contributed by atoms with E-state index in [1.165, 1.54) is 16.4 Å². The number of nitrogens with zero attached hydrogens (tertiary/aromatic N) is 1. The summed E-state index contributed by atoms with van der Waals surface area (Å²) >= 11 is 5.68. The Morgan fingerprint density at radius 2 is 1.72 bits per heavy atom. The molecule has 7 heteroatoms. The molecule has 2 aromatic rings. The highest BCUT2D eigenvalue weighted by Gasteiger charge is 2.33. The van der Waals surface area contributed by atoms with Crippen LogP contribution in [0.15, 0.2) is 53.4 Å². The smallest absolute Gasteiger partial charge is 0.245 e. The van der Waals surface area contributed by atoms with Gasteiger partial charge in [0.15, 0.2) is 5.78 Å². The molecule has 0 N–H and O–H groups in total. The van der Waals surface area contributed by atoms with Crippen LogP contribution in [-0.4, -0.2) is 31.6 Å². The van der Waals surface area contributed by atoms with Crippen molar-refractivity contribution in [2.24, 2.45) is 5.92 Å². The second kappa shape index (κ2) is 7.23. The van der Waals surface area contributed by atoms with E-state index >= 15 is 0 Å². The van der Waals surface area contributed by atoms with Gasteiger partial charge in [-0.05, 0) is 31.0 Å². The van der Waals surface area contributed by atoms with Crippen LogP contribution in [0.1, 0.15) is 23.2 Å². The first-order valence-electron chi connectivity index (χ1n) is 7.94. The number of hydrogen-bond acceptors (Lipinski definition) is 3. The lowest BCUT2D eigenvalue weighted by Gasteiger charge is -2.30. The Balaban J connectivity index is 1.72. The zero-order valence-corrected chi connectivity index (χ0v) is 14.9. The number of halogens is 2. The second-order valence-electron chi connectivity index (χ2n) is 5.98. The molecule has 0 unspecified atom stereocenters. The lowest BCUT2D eigenvalue weighted by Crippen LogP contribution is -2.40. The first-order valence-corrected chi connectivity index (χ1v) is 9.76. The predicted molar refractivity (Wildman–Crippen MR) is 93.7 cm³/mol. The van der Waals surface area contributed by atoms with Crippen molar-refractivity contribution in [3.8, 4) is 0 Å². The molecule has 4 nitrogen and oxygen atoms in total. The molecule has 0 spiro atoms. The van der Waals surface area contributed by atoms with Gasteiger partial charge < -0.3 is 0 Å². The fraction of sp³-hybridized carbons (Fsp3) is 0.278. The normalized spacial score (nSPS) is 16.7. The number of benzene rings is 2. The van der Waals surface area contributed by atoms with Crippen LogP contribution in [0, 0.1) is 11.7 Å².